The van der Waals surface area contributed by atoms with Gasteiger partial charge in [-0.3, -0.25) is 9.59 Å². The molecular weight excluding hydrogens is 380 g/mol. The van der Waals surface area contributed by atoms with Gasteiger partial charge in [0.05, 0.1) is 12.0 Å². The van der Waals surface area contributed by atoms with Gasteiger partial charge in [-0.25, -0.2) is 0 Å². The first-order valence-corrected chi connectivity index (χ1v) is 10.9. The fraction of sp³-hybridized carbons (Fsp3) is 0.542. The molecule has 4 rings (SSSR count). The molecule has 1 aromatic heterocycles. The Kier molecular flexibility index (Phi) is 5.67. The van der Waals surface area contributed by atoms with Crippen LogP contribution >= 0.6 is 0 Å². The van der Waals surface area contributed by atoms with Crippen molar-refractivity contribution in [3.63, 3.8) is 0 Å². The molecule has 2 heterocycles. The van der Waals surface area contributed by atoms with Crippen molar-refractivity contribution in [2.75, 3.05) is 19.7 Å². The van der Waals surface area contributed by atoms with E-state index in [1.54, 1.807) is 0 Å². The Morgan fingerprint density at radius 2 is 1.90 bits per heavy atom. The summed E-state index contributed by atoms with van der Waals surface area (Å²) in [6, 6.07) is 10.0. The van der Waals surface area contributed by atoms with Gasteiger partial charge in [-0.1, -0.05) is 41.9 Å². The van der Waals surface area contributed by atoms with Crippen LogP contribution in [0.25, 0.3) is 11.3 Å². The van der Waals surface area contributed by atoms with Crippen LogP contribution in [-0.4, -0.2) is 41.6 Å². The molecule has 0 N–H and O–H groups in total. The molecular formula is C24H30N2O4. The van der Waals surface area contributed by atoms with Gasteiger partial charge in [0.25, 0.3) is 0 Å². The molecule has 2 aromatic rings. The number of piperidine rings is 1. The number of aromatic nitrogens is 1. The minimum Gasteiger partial charge on any atom is -0.466 e. The van der Waals surface area contributed by atoms with Crippen LogP contribution in [0.15, 0.2) is 34.9 Å². The number of carbonyl (C=O) groups excluding carboxylic acids is 2. The minimum absolute atomic E-state index is 0.173. The molecule has 1 aliphatic heterocycles. The lowest BCUT2D eigenvalue weighted by molar-refractivity contribution is -0.160. The van der Waals surface area contributed by atoms with Crippen LogP contribution < -0.4 is 0 Å². The number of likely N-dealkylation sites (tertiary alicyclic amines) is 1. The van der Waals surface area contributed by atoms with E-state index in [4.69, 9.17) is 9.26 Å². The third-order valence-electron chi connectivity index (χ3n) is 6.59. The largest absolute Gasteiger partial charge is 0.466 e. The van der Waals surface area contributed by atoms with E-state index >= 15 is 0 Å². The van der Waals surface area contributed by atoms with Crippen molar-refractivity contribution in [3.8, 4) is 11.3 Å². The quantitative estimate of drug-likeness (QED) is 0.673. The summed E-state index contributed by atoms with van der Waals surface area (Å²) >= 11 is 0. The third kappa shape index (κ3) is 4.13. The highest BCUT2D eigenvalue weighted by molar-refractivity contribution is 5.82. The molecule has 1 aromatic carbocycles. The summed E-state index contributed by atoms with van der Waals surface area (Å²) in [7, 11) is 0. The number of nitrogens with zero attached hydrogens (tertiary/aromatic N) is 2. The molecule has 0 radical (unpaired) electrons. The number of hydrogen-bond acceptors (Lipinski definition) is 5. The maximum Gasteiger partial charge on any atom is 0.312 e. The molecule has 1 saturated heterocycles. The first kappa shape index (κ1) is 20.6. The SMILES string of the molecule is CCOC(=O)C1(Cc2cc(-c3ccc(C)cc3)no2)CCN(C(=O)[C@@H]2C[C@@H]2C)CC1. The summed E-state index contributed by atoms with van der Waals surface area (Å²) in [6.07, 6.45) is 2.59. The molecule has 30 heavy (non-hydrogen) atoms. The highest BCUT2D eigenvalue weighted by Gasteiger charge is 2.47. The number of benzene rings is 1. The molecule has 2 atom stereocenters. The first-order valence-electron chi connectivity index (χ1n) is 10.9. The fourth-order valence-corrected chi connectivity index (χ4v) is 4.38. The molecule has 2 aliphatic rings. The Hall–Kier alpha value is -2.63. The van der Waals surface area contributed by atoms with E-state index < -0.39 is 5.41 Å². The molecule has 6 heteroatoms. The summed E-state index contributed by atoms with van der Waals surface area (Å²) in [5, 5.41) is 4.21. The molecule has 2 fully saturated rings. The van der Waals surface area contributed by atoms with E-state index in [0.29, 0.717) is 50.6 Å². The van der Waals surface area contributed by atoms with Crippen molar-refractivity contribution < 1.29 is 18.8 Å². The predicted octanol–water partition coefficient (Wildman–Crippen LogP) is 4.02. The van der Waals surface area contributed by atoms with E-state index in [0.717, 1.165) is 17.7 Å². The average molecular weight is 411 g/mol. The van der Waals surface area contributed by atoms with Gasteiger partial charge in [-0.15, -0.1) is 0 Å². The van der Waals surface area contributed by atoms with Crippen molar-refractivity contribution in [1.29, 1.82) is 0 Å². The number of carbonyl (C=O) groups is 2. The molecule has 0 unspecified atom stereocenters. The van der Waals surface area contributed by atoms with Gasteiger partial charge in [0.2, 0.25) is 5.91 Å². The van der Waals surface area contributed by atoms with Crippen LogP contribution in [-0.2, 0) is 20.7 Å². The maximum atomic E-state index is 12.9. The third-order valence-corrected chi connectivity index (χ3v) is 6.59. The van der Waals surface area contributed by atoms with Gasteiger partial charge >= 0.3 is 5.97 Å². The number of aryl methyl sites for hydroxylation is 1. The molecule has 160 valence electrons. The van der Waals surface area contributed by atoms with Gasteiger partial charge in [0, 0.05) is 37.1 Å². The summed E-state index contributed by atoms with van der Waals surface area (Å²) < 4.78 is 11.0. The lowest BCUT2D eigenvalue weighted by Crippen LogP contribution is -2.48. The van der Waals surface area contributed by atoms with Crippen LogP contribution in [0.3, 0.4) is 0 Å². The number of rotatable bonds is 6. The fourth-order valence-electron chi connectivity index (χ4n) is 4.38. The van der Waals surface area contributed by atoms with E-state index in [-0.39, 0.29) is 17.8 Å². The van der Waals surface area contributed by atoms with Crippen molar-refractivity contribution >= 4 is 11.9 Å². The van der Waals surface area contributed by atoms with E-state index in [9.17, 15) is 9.59 Å². The Bertz CT molecular complexity index is 910. The van der Waals surface area contributed by atoms with Gasteiger partial charge < -0.3 is 14.2 Å². The zero-order chi connectivity index (χ0) is 21.3. The maximum absolute atomic E-state index is 12.9. The standard InChI is InChI=1S/C24H30N2O4/c1-4-29-23(28)24(9-11-26(12-10-24)22(27)20-13-17(20)3)15-19-14-21(25-30-19)18-7-5-16(2)6-8-18/h5-8,14,17,20H,4,9-13,15H2,1-3H3/t17-,20+/m0/s1. The molecule has 1 amide bonds. The van der Waals surface area contributed by atoms with Crippen LogP contribution in [0.5, 0.6) is 0 Å². The van der Waals surface area contributed by atoms with Crippen molar-refractivity contribution in [3.05, 3.63) is 41.7 Å². The number of ether oxygens (including phenoxy) is 1. The normalized spacial score (nSPS) is 22.6. The molecule has 1 saturated carbocycles. The number of esters is 1. The van der Waals surface area contributed by atoms with Gasteiger partial charge in [-0.05, 0) is 39.0 Å². The average Bonchev–Trinajstić information content (AvgIpc) is 3.30. The number of hydrogen-bond donors (Lipinski definition) is 0. The van der Waals surface area contributed by atoms with Gasteiger partial charge in [0.1, 0.15) is 11.5 Å². The van der Waals surface area contributed by atoms with Gasteiger partial charge in [0.15, 0.2) is 0 Å². The zero-order valence-electron chi connectivity index (χ0n) is 18.0. The van der Waals surface area contributed by atoms with Crippen molar-refractivity contribution in [2.45, 2.75) is 46.5 Å². The van der Waals surface area contributed by atoms with Gasteiger partial charge in [-0.2, -0.15) is 0 Å². The second kappa shape index (κ2) is 8.25. The summed E-state index contributed by atoms with van der Waals surface area (Å²) in [6.45, 7) is 7.49. The smallest absolute Gasteiger partial charge is 0.312 e. The topological polar surface area (TPSA) is 72.6 Å². The van der Waals surface area contributed by atoms with E-state index in [1.165, 1.54) is 5.56 Å². The highest BCUT2D eigenvalue weighted by Crippen LogP contribution is 2.42. The second-order valence-electron chi connectivity index (χ2n) is 8.87. The van der Waals surface area contributed by atoms with Crippen molar-refractivity contribution in [2.24, 2.45) is 17.3 Å². The highest BCUT2D eigenvalue weighted by atomic mass is 16.5. The van der Waals surface area contributed by atoms with E-state index in [2.05, 4.69) is 12.1 Å². The van der Waals surface area contributed by atoms with Crippen molar-refractivity contribution in [1.82, 2.24) is 10.1 Å². The Labute approximate surface area is 177 Å². The summed E-state index contributed by atoms with van der Waals surface area (Å²) in [4.78, 5) is 27.4. The lowest BCUT2D eigenvalue weighted by atomic mass is 9.74. The Morgan fingerprint density at radius 3 is 2.50 bits per heavy atom. The summed E-state index contributed by atoms with van der Waals surface area (Å²) in [5.41, 5.74) is 2.26. The second-order valence-corrected chi connectivity index (χ2v) is 8.87. The van der Waals surface area contributed by atoms with Crippen LogP contribution in [0.4, 0.5) is 0 Å². The zero-order valence-corrected chi connectivity index (χ0v) is 18.0. The van der Waals surface area contributed by atoms with Crippen LogP contribution in [0.1, 0.15) is 44.4 Å². The van der Waals surface area contributed by atoms with Crippen LogP contribution in [0.2, 0.25) is 0 Å². The lowest BCUT2D eigenvalue weighted by Gasteiger charge is -2.39. The first-order chi connectivity index (χ1) is 14.4. The molecule has 6 nitrogen and oxygen atoms in total. The number of amides is 1. The molecule has 0 spiro atoms. The Morgan fingerprint density at radius 1 is 1.23 bits per heavy atom. The monoisotopic (exact) mass is 410 g/mol. The van der Waals surface area contributed by atoms with Crippen LogP contribution in [0, 0.1) is 24.2 Å². The Balaban J connectivity index is 1.49. The predicted molar refractivity (Wildman–Crippen MR) is 113 cm³/mol. The molecule has 0 bridgehead atoms. The minimum atomic E-state index is -0.675. The summed E-state index contributed by atoms with van der Waals surface area (Å²) in [5.74, 6) is 1.37. The van der Waals surface area contributed by atoms with E-state index in [1.807, 2.05) is 49.1 Å². The molecule has 1 aliphatic carbocycles.